The SMILES string of the molecule is C1CN(CCN2C[C@H]3CC[C@@H]2C3)CCC1Cc1noc(C2CC2)n1. The van der Waals surface area contributed by atoms with E-state index in [1.807, 2.05) is 0 Å². The molecule has 2 aliphatic heterocycles. The highest BCUT2D eigenvalue weighted by atomic mass is 16.5. The molecule has 2 atom stereocenters. The van der Waals surface area contributed by atoms with E-state index in [2.05, 4.69) is 19.9 Å². The van der Waals surface area contributed by atoms with Gasteiger partial charge in [0, 0.05) is 38.0 Å². The average Bonchev–Trinajstić information content (AvgIpc) is 3.03. The number of aromatic nitrogens is 2. The first kappa shape index (κ1) is 15.3. The fourth-order valence-electron chi connectivity index (χ4n) is 5.09. The molecular formula is C19H30N4O. The summed E-state index contributed by atoms with van der Waals surface area (Å²) < 4.78 is 5.39. The average molecular weight is 330 g/mol. The first-order chi connectivity index (χ1) is 11.8. The highest BCUT2D eigenvalue weighted by Gasteiger charge is 2.37. The quantitative estimate of drug-likeness (QED) is 0.802. The van der Waals surface area contributed by atoms with Gasteiger partial charge in [0.25, 0.3) is 0 Å². The molecule has 0 radical (unpaired) electrons. The Bertz CT molecular complexity index is 561. The molecule has 4 aliphatic rings. The van der Waals surface area contributed by atoms with Crippen molar-refractivity contribution in [3.63, 3.8) is 0 Å². The third-order valence-electron chi connectivity index (χ3n) is 6.81. The van der Waals surface area contributed by atoms with Crippen molar-refractivity contribution in [2.75, 3.05) is 32.7 Å². The van der Waals surface area contributed by atoms with Crippen LogP contribution in [0.1, 0.15) is 62.6 Å². The second-order valence-electron chi connectivity index (χ2n) is 8.64. The molecule has 4 fully saturated rings. The molecule has 0 N–H and O–H groups in total. The van der Waals surface area contributed by atoms with Crippen LogP contribution in [-0.4, -0.2) is 58.7 Å². The van der Waals surface area contributed by atoms with Crippen LogP contribution in [0.2, 0.25) is 0 Å². The number of fused-ring (bicyclic) bond motifs is 2. The molecule has 24 heavy (non-hydrogen) atoms. The summed E-state index contributed by atoms with van der Waals surface area (Å²) in [5.74, 6) is 4.18. The van der Waals surface area contributed by atoms with E-state index in [4.69, 9.17) is 4.52 Å². The van der Waals surface area contributed by atoms with Crippen molar-refractivity contribution in [1.82, 2.24) is 19.9 Å². The van der Waals surface area contributed by atoms with Crippen molar-refractivity contribution in [1.29, 1.82) is 0 Å². The molecule has 2 saturated heterocycles. The summed E-state index contributed by atoms with van der Waals surface area (Å²) in [6, 6.07) is 0.923. The van der Waals surface area contributed by atoms with Gasteiger partial charge in [0.2, 0.25) is 5.89 Å². The predicted molar refractivity (Wildman–Crippen MR) is 91.8 cm³/mol. The Balaban J connectivity index is 1.04. The molecule has 132 valence electrons. The lowest BCUT2D eigenvalue weighted by Crippen LogP contribution is -2.42. The van der Waals surface area contributed by atoms with E-state index in [1.54, 1.807) is 0 Å². The normalized spacial score (nSPS) is 32.0. The van der Waals surface area contributed by atoms with E-state index in [0.717, 1.165) is 36.0 Å². The Morgan fingerprint density at radius 3 is 2.58 bits per heavy atom. The maximum absolute atomic E-state index is 5.39. The smallest absolute Gasteiger partial charge is 0.229 e. The summed E-state index contributed by atoms with van der Waals surface area (Å²) >= 11 is 0. The molecular weight excluding hydrogens is 300 g/mol. The highest BCUT2D eigenvalue weighted by Crippen LogP contribution is 2.39. The molecule has 5 rings (SSSR count). The number of nitrogens with zero attached hydrogens (tertiary/aromatic N) is 4. The summed E-state index contributed by atoms with van der Waals surface area (Å²) in [5, 5.41) is 4.19. The fourth-order valence-corrected chi connectivity index (χ4v) is 5.09. The Kier molecular flexibility index (Phi) is 4.10. The first-order valence-corrected chi connectivity index (χ1v) is 10.1. The highest BCUT2D eigenvalue weighted by molar-refractivity contribution is 5.02. The number of hydrogen-bond acceptors (Lipinski definition) is 5. The van der Waals surface area contributed by atoms with E-state index in [1.165, 1.54) is 77.7 Å². The Hall–Kier alpha value is -0.940. The molecule has 5 heteroatoms. The Morgan fingerprint density at radius 1 is 1.00 bits per heavy atom. The van der Waals surface area contributed by atoms with Gasteiger partial charge in [-0.1, -0.05) is 5.16 Å². The van der Waals surface area contributed by atoms with E-state index in [-0.39, 0.29) is 0 Å². The largest absolute Gasteiger partial charge is 0.339 e. The van der Waals surface area contributed by atoms with Crippen LogP contribution < -0.4 is 0 Å². The van der Waals surface area contributed by atoms with Crippen LogP contribution in [-0.2, 0) is 6.42 Å². The molecule has 5 nitrogen and oxygen atoms in total. The maximum Gasteiger partial charge on any atom is 0.229 e. The van der Waals surface area contributed by atoms with E-state index in [9.17, 15) is 0 Å². The zero-order valence-electron chi connectivity index (χ0n) is 14.7. The summed E-state index contributed by atoms with van der Waals surface area (Å²) in [6.45, 7) is 6.44. The molecule has 0 spiro atoms. The number of piperidine rings is 2. The maximum atomic E-state index is 5.39. The van der Waals surface area contributed by atoms with Crippen molar-refractivity contribution in [2.24, 2.45) is 11.8 Å². The van der Waals surface area contributed by atoms with Gasteiger partial charge in [-0.05, 0) is 69.9 Å². The van der Waals surface area contributed by atoms with Crippen molar-refractivity contribution in [3.05, 3.63) is 11.7 Å². The molecule has 2 bridgehead atoms. The molecule has 2 aliphatic carbocycles. The van der Waals surface area contributed by atoms with Crippen molar-refractivity contribution < 1.29 is 4.52 Å². The van der Waals surface area contributed by atoms with Crippen LogP contribution in [0.5, 0.6) is 0 Å². The first-order valence-electron chi connectivity index (χ1n) is 10.1. The standard InChI is InChI=1S/C19H30N4O/c1-4-17-11-15(1)13-23(17)10-9-22-7-5-14(6-8-22)12-18-20-19(24-21-18)16-2-3-16/h14-17H,1-13H2/t15-,17+/m0/s1. The second-order valence-corrected chi connectivity index (χ2v) is 8.64. The van der Waals surface area contributed by atoms with Gasteiger partial charge >= 0.3 is 0 Å². The summed E-state index contributed by atoms with van der Waals surface area (Å²) in [7, 11) is 0. The van der Waals surface area contributed by atoms with Gasteiger partial charge < -0.3 is 9.42 Å². The lowest BCUT2D eigenvalue weighted by molar-refractivity contribution is 0.139. The summed E-state index contributed by atoms with van der Waals surface area (Å²) in [4.78, 5) is 10.0. The topological polar surface area (TPSA) is 45.4 Å². The van der Waals surface area contributed by atoms with Crippen LogP contribution in [0.3, 0.4) is 0 Å². The second kappa shape index (κ2) is 6.41. The van der Waals surface area contributed by atoms with Gasteiger partial charge in [0.15, 0.2) is 5.82 Å². The summed E-state index contributed by atoms with van der Waals surface area (Å²) in [5.41, 5.74) is 0. The minimum Gasteiger partial charge on any atom is -0.339 e. The molecule has 0 unspecified atom stereocenters. The fraction of sp³-hybridized carbons (Fsp3) is 0.895. The van der Waals surface area contributed by atoms with Crippen LogP contribution >= 0.6 is 0 Å². The molecule has 0 amide bonds. The van der Waals surface area contributed by atoms with Crippen molar-refractivity contribution in [3.8, 4) is 0 Å². The van der Waals surface area contributed by atoms with Gasteiger partial charge in [0.05, 0.1) is 0 Å². The molecule has 2 saturated carbocycles. The Morgan fingerprint density at radius 2 is 1.88 bits per heavy atom. The van der Waals surface area contributed by atoms with Crippen molar-refractivity contribution in [2.45, 2.75) is 63.3 Å². The van der Waals surface area contributed by atoms with Gasteiger partial charge in [-0.2, -0.15) is 4.98 Å². The zero-order valence-corrected chi connectivity index (χ0v) is 14.7. The monoisotopic (exact) mass is 330 g/mol. The van der Waals surface area contributed by atoms with Gasteiger partial charge in [-0.3, -0.25) is 4.90 Å². The lowest BCUT2D eigenvalue weighted by Gasteiger charge is -2.34. The number of hydrogen-bond donors (Lipinski definition) is 0. The van der Waals surface area contributed by atoms with Crippen LogP contribution in [0.25, 0.3) is 0 Å². The van der Waals surface area contributed by atoms with Gasteiger partial charge in [-0.15, -0.1) is 0 Å². The summed E-state index contributed by atoms with van der Waals surface area (Å²) in [6.07, 6.45) is 10.5. The third kappa shape index (κ3) is 3.25. The van der Waals surface area contributed by atoms with E-state index < -0.39 is 0 Å². The molecule has 3 heterocycles. The van der Waals surface area contributed by atoms with Crippen LogP contribution in [0, 0.1) is 11.8 Å². The molecule has 0 aromatic carbocycles. The molecule has 1 aromatic rings. The van der Waals surface area contributed by atoms with E-state index >= 15 is 0 Å². The number of rotatable bonds is 6. The van der Waals surface area contributed by atoms with Crippen LogP contribution in [0.15, 0.2) is 4.52 Å². The van der Waals surface area contributed by atoms with Gasteiger partial charge in [-0.25, -0.2) is 0 Å². The third-order valence-corrected chi connectivity index (χ3v) is 6.81. The van der Waals surface area contributed by atoms with Crippen LogP contribution in [0.4, 0.5) is 0 Å². The predicted octanol–water partition coefficient (Wildman–Crippen LogP) is 2.69. The molecule has 1 aromatic heterocycles. The van der Waals surface area contributed by atoms with E-state index in [0.29, 0.717) is 5.92 Å². The van der Waals surface area contributed by atoms with Crippen molar-refractivity contribution >= 4 is 0 Å². The zero-order chi connectivity index (χ0) is 15.9. The van der Waals surface area contributed by atoms with Gasteiger partial charge in [0.1, 0.15) is 0 Å². The minimum atomic E-state index is 0.578. The lowest BCUT2D eigenvalue weighted by atomic mass is 9.93. The number of likely N-dealkylation sites (tertiary alicyclic amines) is 2. The Labute approximate surface area is 144 Å². The minimum absolute atomic E-state index is 0.578.